The topological polar surface area (TPSA) is 49.3 Å². The summed E-state index contributed by atoms with van der Waals surface area (Å²) < 4.78 is 0. The molecule has 0 spiro atoms. The number of hydrogen-bond donors (Lipinski definition) is 2. The van der Waals surface area contributed by atoms with Gasteiger partial charge in [-0.15, -0.1) is 6.42 Å². The smallest absolute Gasteiger partial charge is 0.249 e. The van der Waals surface area contributed by atoms with Gasteiger partial charge in [-0.1, -0.05) is 26.7 Å². The van der Waals surface area contributed by atoms with Gasteiger partial charge in [-0.3, -0.25) is 4.79 Å². The Bertz CT molecular complexity index is 220. The monoisotopic (exact) mass is 183 g/mol. The minimum Gasteiger partial charge on any atom is -0.384 e. The highest BCUT2D eigenvalue weighted by Gasteiger charge is 2.25. The van der Waals surface area contributed by atoms with Gasteiger partial charge in [0.25, 0.3) is 0 Å². The normalized spacial score (nSPS) is 15.7. The zero-order valence-corrected chi connectivity index (χ0v) is 8.59. The number of carbonyl (C=O) groups is 1. The van der Waals surface area contributed by atoms with Gasteiger partial charge >= 0.3 is 0 Å². The van der Waals surface area contributed by atoms with Crippen molar-refractivity contribution in [2.45, 2.75) is 39.8 Å². The average Bonchev–Trinajstić information content (AvgIpc) is 1.96. The fourth-order valence-electron chi connectivity index (χ4n) is 0.771. The van der Waals surface area contributed by atoms with Crippen molar-refractivity contribution < 1.29 is 9.90 Å². The molecule has 74 valence electrons. The van der Waals surface area contributed by atoms with Gasteiger partial charge in [-0.05, 0) is 12.3 Å². The summed E-state index contributed by atoms with van der Waals surface area (Å²) in [5, 5.41) is 11.5. The number of terminal acetylenes is 1. The molecule has 2 atom stereocenters. The van der Waals surface area contributed by atoms with Gasteiger partial charge in [-0.25, -0.2) is 0 Å². The predicted octanol–water partition coefficient (Wildman–Crippen LogP) is 0.531. The third kappa shape index (κ3) is 3.95. The summed E-state index contributed by atoms with van der Waals surface area (Å²) in [6.07, 6.45) is 4.25. The molecule has 0 saturated carbocycles. The molecule has 0 rings (SSSR count). The van der Waals surface area contributed by atoms with E-state index >= 15 is 0 Å². The molecule has 2 N–H and O–H groups in total. The van der Waals surface area contributed by atoms with Crippen molar-refractivity contribution in [1.82, 2.24) is 5.32 Å². The number of amides is 1. The summed E-state index contributed by atoms with van der Waals surface area (Å²) >= 11 is 0. The molecule has 0 heterocycles. The van der Waals surface area contributed by atoms with E-state index in [1.54, 1.807) is 0 Å². The summed E-state index contributed by atoms with van der Waals surface area (Å²) in [5.41, 5.74) is -0.195. The summed E-state index contributed by atoms with van der Waals surface area (Å²) in [6.45, 7) is 7.20. The molecule has 0 aliphatic rings. The number of carbonyl (C=O) groups excluding carboxylic acids is 1. The Labute approximate surface area is 79.5 Å². The van der Waals surface area contributed by atoms with Crippen LogP contribution >= 0.6 is 0 Å². The summed E-state index contributed by atoms with van der Waals surface area (Å²) in [4.78, 5) is 11.1. The highest BCUT2D eigenvalue weighted by atomic mass is 16.3. The standard InChI is InChI=1S/C10H17NO2/c1-6-8(10(3,4)5)11-9(13)7(2)12/h1,7-8,12H,2-5H3,(H,11,13)/t7-,8?/m0/s1. The largest absolute Gasteiger partial charge is 0.384 e. The second kappa shape index (κ2) is 4.29. The van der Waals surface area contributed by atoms with E-state index in [1.807, 2.05) is 20.8 Å². The first-order chi connectivity index (χ1) is 5.79. The van der Waals surface area contributed by atoms with Crippen LogP contribution in [0.4, 0.5) is 0 Å². The number of aliphatic hydroxyl groups is 1. The fourth-order valence-corrected chi connectivity index (χ4v) is 0.771. The van der Waals surface area contributed by atoms with Crippen molar-refractivity contribution in [1.29, 1.82) is 0 Å². The molecule has 1 unspecified atom stereocenters. The lowest BCUT2D eigenvalue weighted by Crippen LogP contribution is -2.46. The molecular formula is C10H17NO2. The predicted molar refractivity (Wildman–Crippen MR) is 51.9 cm³/mol. The Hall–Kier alpha value is -1.01. The van der Waals surface area contributed by atoms with Crippen LogP contribution < -0.4 is 5.32 Å². The maximum absolute atomic E-state index is 11.1. The molecule has 0 radical (unpaired) electrons. The van der Waals surface area contributed by atoms with Crippen molar-refractivity contribution in [2.24, 2.45) is 5.41 Å². The Kier molecular flexibility index (Phi) is 3.96. The minimum atomic E-state index is -1.02. The second-order valence-corrected chi connectivity index (χ2v) is 4.15. The van der Waals surface area contributed by atoms with Gasteiger partial charge in [0, 0.05) is 0 Å². The Balaban J connectivity index is 4.34. The first kappa shape index (κ1) is 12.0. The molecule has 0 saturated heterocycles. The molecule has 0 aromatic carbocycles. The fraction of sp³-hybridized carbons (Fsp3) is 0.700. The van der Waals surface area contributed by atoms with Crippen LogP contribution in [0.5, 0.6) is 0 Å². The summed E-state index contributed by atoms with van der Waals surface area (Å²) in [6, 6.07) is -0.352. The van der Waals surface area contributed by atoms with Crippen LogP contribution in [0.15, 0.2) is 0 Å². The molecule has 0 aliphatic heterocycles. The molecular weight excluding hydrogens is 166 g/mol. The highest BCUT2D eigenvalue weighted by Crippen LogP contribution is 2.18. The second-order valence-electron chi connectivity index (χ2n) is 4.15. The van der Waals surface area contributed by atoms with Crippen molar-refractivity contribution >= 4 is 5.91 Å². The molecule has 0 fully saturated rings. The quantitative estimate of drug-likeness (QED) is 0.614. The number of rotatable bonds is 2. The highest BCUT2D eigenvalue weighted by molar-refractivity contribution is 5.80. The number of nitrogens with one attached hydrogen (secondary N) is 1. The molecule has 1 amide bonds. The van der Waals surface area contributed by atoms with Crippen molar-refractivity contribution in [3.05, 3.63) is 0 Å². The molecule has 0 aliphatic carbocycles. The van der Waals surface area contributed by atoms with Gasteiger partial charge in [0.05, 0.1) is 6.04 Å². The maximum atomic E-state index is 11.1. The van der Waals surface area contributed by atoms with Crippen LogP contribution in [0.1, 0.15) is 27.7 Å². The third-order valence-corrected chi connectivity index (χ3v) is 1.70. The van der Waals surface area contributed by atoms with E-state index in [0.29, 0.717) is 0 Å². The summed E-state index contributed by atoms with van der Waals surface area (Å²) in [5.74, 6) is 2.05. The van der Waals surface area contributed by atoms with E-state index in [0.717, 1.165) is 0 Å². The number of aliphatic hydroxyl groups excluding tert-OH is 1. The lowest BCUT2D eigenvalue weighted by Gasteiger charge is -2.27. The van der Waals surface area contributed by atoms with E-state index in [4.69, 9.17) is 11.5 Å². The molecule has 0 bridgehead atoms. The van der Waals surface area contributed by atoms with Gasteiger partial charge in [-0.2, -0.15) is 0 Å². The molecule has 0 aromatic heterocycles. The van der Waals surface area contributed by atoms with Crippen LogP contribution in [-0.4, -0.2) is 23.2 Å². The van der Waals surface area contributed by atoms with Crippen LogP contribution in [0, 0.1) is 17.8 Å². The minimum absolute atomic E-state index is 0.195. The Morgan fingerprint density at radius 1 is 1.54 bits per heavy atom. The average molecular weight is 183 g/mol. The molecule has 3 heteroatoms. The van der Waals surface area contributed by atoms with E-state index in [-0.39, 0.29) is 11.5 Å². The van der Waals surface area contributed by atoms with E-state index in [1.165, 1.54) is 6.92 Å². The first-order valence-electron chi connectivity index (χ1n) is 4.23. The summed E-state index contributed by atoms with van der Waals surface area (Å²) in [7, 11) is 0. The van der Waals surface area contributed by atoms with Crippen molar-refractivity contribution in [3.8, 4) is 12.3 Å². The van der Waals surface area contributed by atoms with Crippen LogP contribution in [0.3, 0.4) is 0 Å². The van der Waals surface area contributed by atoms with Crippen LogP contribution in [-0.2, 0) is 4.79 Å². The van der Waals surface area contributed by atoms with E-state index in [2.05, 4.69) is 11.2 Å². The number of hydrogen-bond acceptors (Lipinski definition) is 2. The van der Waals surface area contributed by atoms with Crippen molar-refractivity contribution in [3.63, 3.8) is 0 Å². The SMILES string of the molecule is C#CC(NC(=O)[C@H](C)O)C(C)(C)C. The maximum Gasteiger partial charge on any atom is 0.249 e. The van der Waals surface area contributed by atoms with Gasteiger partial charge < -0.3 is 10.4 Å². The Morgan fingerprint density at radius 2 is 2.00 bits per heavy atom. The van der Waals surface area contributed by atoms with Crippen LogP contribution in [0.25, 0.3) is 0 Å². The van der Waals surface area contributed by atoms with E-state index in [9.17, 15) is 4.79 Å². The van der Waals surface area contributed by atoms with E-state index < -0.39 is 12.0 Å². The van der Waals surface area contributed by atoms with Crippen molar-refractivity contribution in [2.75, 3.05) is 0 Å². The molecule has 13 heavy (non-hydrogen) atoms. The zero-order valence-electron chi connectivity index (χ0n) is 8.59. The lowest BCUT2D eigenvalue weighted by molar-refractivity contribution is -0.129. The Morgan fingerprint density at radius 3 is 2.23 bits per heavy atom. The zero-order chi connectivity index (χ0) is 10.6. The lowest BCUT2D eigenvalue weighted by atomic mass is 9.87. The van der Waals surface area contributed by atoms with Crippen LogP contribution in [0.2, 0.25) is 0 Å². The van der Waals surface area contributed by atoms with Gasteiger partial charge in [0.1, 0.15) is 6.10 Å². The van der Waals surface area contributed by atoms with Gasteiger partial charge in [0.15, 0.2) is 0 Å². The molecule has 0 aromatic rings. The molecule has 3 nitrogen and oxygen atoms in total. The first-order valence-corrected chi connectivity index (χ1v) is 4.23. The third-order valence-electron chi connectivity index (χ3n) is 1.70. The van der Waals surface area contributed by atoms with Gasteiger partial charge in [0.2, 0.25) is 5.91 Å².